The third-order valence-electron chi connectivity index (χ3n) is 5.99. The van der Waals surface area contributed by atoms with Crippen LogP contribution in [0, 0.1) is 0 Å². The van der Waals surface area contributed by atoms with E-state index in [4.69, 9.17) is 14.5 Å². The average molecular weight is 359 g/mol. The highest BCUT2D eigenvalue weighted by Crippen LogP contribution is 2.54. The van der Waals surface area contributed by atoms with Crippen LogP contribution in [0.25, 0.3) is 10.9 Å². The van der Waals surface area contributed by atoms with Crippen molar-refractivity contribution < 1.29 is 9.47 Å². The van der Waals surface area contributed by atoms with Gasteiger partial charge in [0.15, 0.2) is 0 Å². The van der Waals surface area contributed by atoms with E-state index in [0.717, 1.165) is 33.8 Å². The molecule has 3 heterocycles. The van der Waals surface area contributed by atoms with Crippen LogP contribution in [0.1, 0.15) is 19.4 Å². The highest BCUT2D eigenvalue weighted by Gasteiger charge is 2.58. The van der Waals surface area contributed by atoms with Gasteiger partial charge in [-0.2, -0.15) is 0 Å². The number of aliphatic imine (C=N–C) groups is 1. The molecule has 0 aliphatic carbocycles. The van der Waals surface area contributed by atoms with Gasteiger partial charge >= 0.3 is 0 Å². The Morgan fingerprint density at radius 3 is 2.78 bits per heavy atom. The maximum atomic E-state index is 6.68. The maximum Gasteiger partial charge on any atom is 0.228 e. The fourth-order valence-electron chi connectivity index (χ4n) is 4.35. The number of ether oxygens (including phenoxy) is 2. The monoisotopic (exact) mass is 359 g/mol. The molecule has 0 saturated heterocycles. The van der Waals surface area contributed by atoms with E-state index in [-0.39, 0.29) is 5.41 Å². The van der Waals surface area contributed by atoms with Gasteiger partial charge in [0.05, 0.1) is 24.3 Å². The molecule has 2 aliphatic heterocycles. The third-order valence-corrected chi connectivity index (χ3v) is 5.99. The number of pyridine rings is 1. The standard InChI is InChI=1S/C22H21N3O2/c1-21(2)16-12-14(26-4)7-9-18(16)25(3)22(21)13-24-20-15-6-5-11-23-17(15)8-10-19(20)27-22/h5-13H,1-4H3/t22-/m1/s1. The van der Waals surface area contributed by atoms with E-state index in [1.807, 2.05) is 36.5 Å². The molecule has 1 aromatic heterocycles. The quantitative estimate of drug-likeness (QED) is 0.643. The number of methoxy groups -OCH3 is 1. The van der Waals surface area contributed by atoms with Gasteiger partial charge in [0, 0.05) is 24.3 Å². The average Bonchev–Trinajstić information content (AvgIpc) is 2.86. The Morgan fingerprint density at radius 1 is 1.11 bits per heavy atom. The van der Waals surface area contributed by atoms with Crippen LogP contribution in [0.15, 0.2) is 53.7 Å². The van der Waals surface area contributed by atoms with Crippen LogP contribution in [0.4, 0.5) is 11.4 Å². The maximum absolute atomic E-state index is 6.68. The third kappa shape index (κ3) is 1.94. The van der Waals surface area contributed by atoms with Gasteiger partial charge in [-0.1, -0.05) is 0 Å². The zero-order valence-corrected chi connectivity index (χ0v) is 15.9. The Balaban J connectivity index is 1.69. The first-order valence-electron chi connectivity index (χ1n) is 9.02. The van der Waals surface area contributed by atoms with Crippen LogP contribution in [0.3, 0.4) is 0 Å². The van der Waals surface area contributed by atoms with Crippen molar-refractivity contribution in [3.05, 3.63) is 54.2 Å². The van der Waals surface area contributed by atoms with Crippen molar-refractivity contribution in [2.75, 3.05) is 19.1 Å². The number of aromatic nitrogens is 1. The second-order valence-electron chi connectivity index (χ2n) is 7.61. The number of nitrogens with zero attached hydrogens (tertiary/aromatic N) is 3. The molecule has 0 radical (unpaired) electrons. The topological polar surface area (TPSA) is 47.0 Å². The van der Waals surface area contributed by atoms with E-state index in [0.29, 0.717) is 0 Å². The molecule has 5 nitrogen and oxygen atoms in total. The Morgan fingerprint density at radius 2 is 1.96 bits per heavy atom. The predicted octanol–water partition coefficient (Wildman–Crippen LogP) is 4.46. The zero-order chi connectivity index (χ0) is 18.8. The normalized spacial score (nSPS) is 21.9. The molecule has 0 fully saturated rings. The number of likely N-dealkylation sites (N-methyl/N-ethyl adjacent to an activating group) is 1. The van der Waals surface area contributed by atoms with E-state index >= 15 is 0 Å². The number of fused-ring (bicyclic) bond motifs is 4. The van der Waals surface area contributed by atoms with Crippen LogP contribution in [-0.2, 0) is 5.41 Å². The van der Waals surface area contributed by atoms with Crippen LogP contribution in [0.2, 0.25) is 0 Å². The Hall–Kier alpha value is -3.08. The van der Waals surface area contributed by atoms with Crippen molar-refractivity contribution in [1.82, 2.24) is 4.98 Å². The van der Waals surface area contributed by atoms with Crippen LogP contribution in [-0.4, -0.2) is 31.1 Å². The summed E-state index contributed by atoms with van der Waals surface area (Å²) in [6.07, 6.45) is 3.73. The number of hydrogen-bond donors (Lipinski definition) is 0. The molecule has 0 N–H and O–H groups in total. The van der Waals surface area contributed by atoms with E-state index in [9.17, 15) is 0 Å². The first-order valence-corrected chi connectivity index (χ1v) is 9.02. The molecule has 1 atom stereocenters. The molecule has 0 saturated carbocycles. The van der Waals surface area contributed by atoms with Gasteiger partial charge < -0.3 is 14.4 Å². The summed E-state index contributed by atoms with van der Waals surface area (Å²) in [7, 11) is 3.75. The van der Waals surface area contributed by atoms with Crippen LogP contribution < -0.4 is 14.4 Å². The molecular formula is C22H21N3O2. The largest absolute Gasteiger partial charge is 0.497 e. The molecule has 1 spiro atoms. The Bertz CT molecular complexity index is 1110. The molecule has 2 aromatic carbocycles. The molecule has 0 bridgehead atoms. The van der Waals surface area contributed by atoms with E-state index in [1.165, 1.54) is 5.56 Å². The van der Waals surface area contributed by atoms with Gasteiger partial charge in [0.25, 0.3) is 0 Å². The lowest BCUT2D eigenvalue weighted by atomic mass is 9.77. The summed E-state index contributed by atoms with van der Waals surface area (Å²) in [6.45, 7) is 4.38. The molecule has 3 aromatic rings. The Kier molecular flexibility index (Phi) is 3.12. The van der Waals surface area contributed by atoms with Crippen molar-refractivity contribution in [2.45, 2.75) is 25.0 Å². The first-order chi connectivity index (χ1) is 13.0. The second-order valence-corrected chi connectivity index (χ2v) is 7.61. The van der Waals surface area contributed by atoms with E-state index < -0.39 is 5.72 Å². The fourth-order valence-corrected chi connectivity index (χ4v) is 4.35. The van der Waals surface area contributed by atoms with Crippen molar-refractivity contribution >= 4 is 28.5 Å². The van der Waals surface area contributed by atoms with Crippen molar-refractivity contribution in [3.8, 4) is 11.5 Å². The van der Waals surface area contributed by atoms with Crippen LogP contribution in [0.5, 0.6) is 11.5 Å². The Labute approximate surface area is 158 Å². The van der Waals surface area contributed by atoms with Crippen molar-refractivity contribution in [2.24, 2.45) is 4.99 Å². The number of hydrogen-bond acceptors (Lipinski definition) is 5. The van der Waals surface area contributed by atoms with Gasteiger partial charge in [-0.15, -0.1) is 0 Å². The highest BCUT2D eigenvalue weighted by molar-refractivity contribution is 5.98. The highest BCUT2D eigenvalue weighted by atomic mass is 16.5. The summed E-state index contributed by atoms with van der Waals surface area (Å²) in [4.78, 5) is 11.5. The van der Waals surface area contributed by atoms with Gasteiger partial charge in [-0.3, -0.25) is 9.98 Å². The van der Waals surface area contributed by atoms with Gasteiger partial charge in [-0.05, 0) is 61.9 Å². The lowest BCUT2D eigenvalue weighted by Gasteiger charge is -2.44. The summed E-state index contributed by atoms with van der Waals surface area (Å²) >= 11 is 0. The molecule has 5 heteroatoms. The van der Waals surface area contributed by atoms with Gasteiger partial charge in [0.1, 0.15) is 17.2 Å². The molecule has 0 unspecified atom stereocenters. The number of rotatable bonds is 1. The lowest BCUT2D eigenvalue weighted by Crippen LogP contribution is -2.61. The summed E-state index contributed by atoms with van der Waals surface area (Å²) in [5.74, 6) is 1.62. The summed E-state index contributed by atoms with van der Waals surface area (Å²) in [6, 6.07) is 14.1. The SMILES string of the molecule is COc1ccc2c(c1)C(C)(C)[C@]1(C=Nc3c(ccc4ncccc34)O1)N2C. The molecule has 27 heavy (non-hydrogen) atoms. The van der Waals surface area contributed by atoms with Crippen LogP contribution >= 0.6 is 0 Å². The summed E-state index contributed by atoms with van der Waals surface area (Å²) in [5.41, 5.74) is 3.03. The van der Waals surface area contributed by atoms with E-state index in [1.54, 1.807) is 13.3 Å². The smallest absolute Gasteiger partial charge is 0.228 e. The summed E-state index contributed by atoms with van der Waals surface area (Å²) in [5, 5.41) is 0.999. The number of anilines is 1. The molecule has 136 valence electrons. The fraction of sp³-hybridized carbons (Fsp3) is 0.273. The first kappa shape index (κ1) is 16.1. The number of benzene rings is 2. The zero-order valence-electron chi connectivity index (χ0n) is 15.9. The molecular weight excluding hydrogens is 338 g/mol. The molecule has 2 aliphatic rings. The predicted molar refractivity (Wildman–Crippen MR) is 108 cm³/mol. The second kappa shape index (κ2) is 5.22. The molecule has 0 amide bonds. The molecule has 5 rings (SSSR count). The lowest BCUT2D eigenvalue weighted by molar-refractivity contribution is 0.0826. The van der Waals surface area contributed by atoms with Gasteiger partial charge in [0.2, 0.25) is 5.72 Å². The summed E-state index contributed by atoms with van der Waals surface area (Å²) < 4.78 is 12.1. The van der Waals surface area contributed by atoms with Crippen molar-refractivity contribution in [1.29, 1.82) is 0 Å². The van der Waals surface area contributed by atoms with E-state index in [2.05, 4.69) is 42.9 Å². The minimum absolute atomic E-state index is 0.323. The minimum atomic E-state index is -0.704. The van der Waals surface area contributed by atoms with Gasteiger partial charge in [-0.25, -0.2) is 0 Å². The van der Waals surface area contributed by atoms with Crippen molar-refractivity contribution in [3.63, 3.8) is 0 Å². The minimum Gasteiger partial charge on any atom is -0.497 e.